The Kier molecular flexibility index (Phi) is 1.26. The van der Waals surface area contributed by atoms with Gasteiger partial charge in [0.15, 0.2) is 0 Å². The van der Waals surface area contributed by atoms with Crippen molar-refractivity contribution in [1.29, 1.82) is 0 Å². The van der Waals surface area contributed by atoms with Gasteiger partial charge in [-0.1, -0.05) is 11.6 Å². The van der Waals surface area contributed by atoms with Crippen LogP contribution in [0, 0.1) is 0 Å². The van der Waals surface area contributed by atoms with Gasteiger partial charge in [0.1, 0.15) is 0 Å². The molecule has 0 unspecified atom stereocenters. The van der Waals surface area contributed by atoms with E-state index in [2.05, 4.69) is 4.98 Å². The zero-order valence-corrected chi connectivity index (χ0v) is 6.30. The fourth-order valence-corrected chi connectivity index (χ4v) is 1.16. The molecular weight excluding hydrogens is 164 g/mol. The summed E-state index contributed by atoms with van der Waals surface area (Å²) in [5.41, 5.74) is 0.638. The first-order valence-corrected chi connectivity index (χ1v) is 3.50. The fraction of sp³-hybridized carbons (Fsp3) is 0. The van der Waals surface area contributed by atoms with Gasteiger partial charge in [-0.15, -0.1) is 0 Å². The summed E-state index contributed by atoms with van der Waals surface area (Å²) in [5.74, 6) is 0. The number of rotatable bonds is 0. The Morgan fingerprint density at radius 1 is 1.55 bits per heavy atom. The molecule has 0 atom stereocenters. The second-order valence-corrected chi connectivity index (χ2v) is 2.67. The lowest BCUT2D eigenvalue weighted by atomic mass is 10.4. The summed E-state index contributed by atoms with van der Waals surface area (Å²) in [6, 6.07) is 3.39. The average Bonchev–Trinajstić information content (AvgIpc) is 2.32. The van der Waals surface area contributed by atoms with Crippen molar-refractivity contribution in [2.45, 2.75) is 0 Å². The summed E-state index contributed by atoms with van der Waals surface area (Å²) < 4.78 is 1.49. The van der Waals surface area contributed by atoms with Crippen LogP contribution in [0.3, 0.4) is 0 Å². The molecule has 2 rings (SSSR count). The number of aromatic nitrogens is 2. The van der Waals surface area contributed by atoms with Gasteiger partial charge in [0.2, 0.25) is 0 Å². The van der Waals surface area contributed by atoms with Crippen molar-refractivity contribution >= 4 is 17.1 Å². The van der Waals surface area contributed by atoms with Gasteiger partial charge in [0.25, 0.3) is 0 Å². The summed E-state index contributed by atoms with van der Waals surface area (Å²) in [4.78, 5) is 13.5. The largest absolute Gasteiger partial charge is 0.330 e. The first-order valence-electron chi connectivity index (χ1n) is 3.13. The van der Waals surface area contributed by atoms with E-state index in [9.17, 15) is 4.79 Å². The lowest BCUT2D eigenvalue weighted by Gasteiger charge is -1.90. The molecule has 2 heterocycles. The highest BCUT2D eigenvalue weighted by atomic mass is 35.5. The van der Waals surface area contributed by atoms with Crippen LogP contribution in [0.4, 0.5) is 0 Å². The van der Waals surface area contributed by atoms with Crippen molar-refractivity contribution in [2.24, 2.45) is 0 Å². The van der Waals surface area contributed by atoms with Crippen molar-refractivity contribution in [2.75, 3.05) is 0 Å². The van der Waals surface area contributed by atoms with Crippen molar-refractivity contribution in [1.82, 2.24) is 9.38 Å². The molecule has 0 saturated heterocycles. The monoisotopic (exact) mass is 168 g/mol. The molecule has 0 aliphatic heterocycles. The van der Waals surface area contributed by atoms with Gasteiger partial charge in [0, 0.05) is 17.4 Å². The van der Waals surface area contributed by atoms with Gasteiger partial charge in [-0.25, -0.2) is 4.79 Å². The van der Waals surface area contributed by atoms with E-state index in [1.54, 1.807) is 24.5 Å². The van der Waals surface area contributed by atoms with Crippen LogP contribution in [0.5, 0.6) is 0 Å². The third-order valence-corrected chi connectivity index (χ3v) is 1.74. The molecule has 56 valence electrons. The van der Waals surface area contributed by atoms with Crippen LogP contribution in [0.1, 0.15) is 0 Å². The minimum atomic E-state index is -0.142. The van der Waals surface area contributed by atoms with Crippen molar-refractivity contribution in [3.8, 4) is 0 Å². The molecule has 0 aliphatic rings. The van der Waals surface area contributed by atoms with E-state index in [4.69, 9.17) is 11.6 Å². The molecule has 0 radical (unpaired) electrons. The molecule has 2 aromatic rings. The number of nitrogens with one attached hydrogen (secondary N) is 1. The lowest BCUT2D eigenvalue weighted by molar-refractivity contribution is 1.07. The third kappa shape index (κ3) is 0.935. The highest BCUT2D eigenvalue weighted by Gasteiger charge is 1.95. The Balaban J connectivity index is 2.97. The molecule has 0 aliphatic carbocycles. The van der Waals surface area contributed by atoms with Crippen LogP contribution in [-0.4, -0.2) is 9.38 Å². The lowest BCUT2D eigenvalue weighted by Crippen LogP contribution is -2.07. The Morgan fingerprint density at radius 2 is 2.36 bits per heavy atom. The number of imidazole rings is 1. The molecule has 3 nitrogen and oxygen atoms in total. The van der Waals surface area contributed by atoms with E-state index in [0.717, 1.165) is 5.52 Å². The van der Waals surface area contributed by atoms with Crippen LogP contribution in [0.15, 0.2) is 29.3 Å². The number of aromatic amines is 1. The van der Waals surface area contributed by atoms with E-state index in [-0.39, 0.29) is 5.69 Å². The molecule has 0 bridgehead atoms. The number of halogens is 1. The van der Waals surface area contributed by atoms with Crippen LogP contribution in [-0.2, 0) is 0 Å². The standard InChI is InChI=1S/C7H5ClN2O/c8-5-1-2-10-6(3-5)4-9-7(10)11/h1-4H,(H,9,11). The number of nitrogens with zero attached hydrogens (tertiary/aromatic N) is 1. The normalized spacial score (nSPS) is 10.6. The van der Waals surface area contributed by atoms with Gasteiger partial charge >= 0.3 is 5.69 Å². The number of fused-ring (bicyclic) bond motifs is 1. The van der Waals surface area contributed by atoms with Crippen LogP contribution in [0.25, 0.3) is 5.52 Å². The van der Waals surface area contributed by atoms with E-state index >= 15 is 0 Å². The minimum Gasteiger partial charge on any atom is -0.312 e. The summed E-state index contributed by atoms with van der Waals surface area (Å²) in [6.07, 6.45) is 3.25. The van der Waals surface area contributed by atoms with E-state index in [1.807, 2.05) is 0 Å². The SMILES string of the molecule is O=c1[nH]cc2cc(Cl)ccn12. The van der Waals surface area contributed by atoms with Crippen LogP contribution >= 0.6 is 11.6 Å². The Labute approximate surface area is 67.2 Å². The zero-order chi connectivity index (χ0) is 7.84. The molecule has 0 fully saturated rings. The second kappa shape index (κ2) is 2.13. The first-order chi connectivity index (χ1) is 5.27. The minimum absolute atomic E-state index is 0.142. The molecule has 0 aromatic carbocycles. The van der Waals surface area contributed by atoms with Crippen LogP contribution < -0.4 is 5.69 Å². The maximum absolute atomic E-state index is 11.0. The first kappa shape index (κ1) is 6.49. The maximum atomic E-state index is 11.0. The average molecular weight is 169 g/mol. The molecule has 0 spiro atoms. The van der Waals surface area contributed by atoms with Gasteiger partial charge < -0.3 is 4.98 Å². The maximum Gasteiger partial charge on any atom is 0.330 e. The number of H-pyrrole nitrogens is 1. The third-order valence-electron chi connectivity index (χ3n) is 1.51. The number of hydrogen-bond acceptors (Lipinski definition) is 1. The Bertz CT molecular complexity index is 443. The topological polar surface area (TPSA) is 37.3 Å². The molecule has 4 heteroatoms. The van der Waals surface area contributed by atoms with Gasteiger partial charge in [-0.2, -0.15) is 0 Å². The highest BCUT2D eigenvalue weighted by Crippen LogP contribution is 2.09. The Hall–Kier alpha value is -1.22. The van der Waals surface area contributed by atoms with E-state index in [1.165, 1.54) is 4.40 Å². The predicted molar refractivity (Wildman–Crippen MR) is 43.0 cm³/mol. The predicted octanol–water partition coefficient (Wildman–Crippen LogP) is 1.28. The molecular formula is C7H5ClN2O. The van der Waals surface area contributed by atoms with Crippen LogP contribution in [0.2, 0.25) is 5.02 Å². The molecule has 11 heavy (non-hydrogen) atoms. The quantitative estimate of drug-likeness (QED) is 0.632. The zero-order valence-electron chi connectivity index (χ0n) is 5.54. The molecule has 2 aromatic heterocycles. The smallest absolute Gasteiger partial charge is 0.312 e. The van der Waals surface area contributed by atoms with Gasteiger partial charge in [-0.3, -0.25) is 4.40 Å². The van der Waals surface area contributed by atoms with Crippen molar-refractivity contribution in [3.63, 3.8) is 0 Å². The number of hydrogen-bond donors (Lipinski definition) is 1. The van der Waals surface area contributed by atoms with Gasteiger partial charge in [0.05, 0.1) is 5.52 Å². The summed E-state index contributed by atoms with van der Waals surface area (Å²) in [6.45, 7) is 0. The van der Waals surface area contributed by atoms with Crippen molar-refractivity contribution < 1.29 is 0 Å². The summed E-state index contributed by atoms with van der Waals surface area (Å²) in [5, 5.41) is 0.629. The fourth-order valence-electron chi connectivity index (χ4n) is 0.992. The van der Waals surface area contributed by atoms with Gasteiger partial charge in [-0.05, 0) is 12.1 Å². The highest BCUT2D eigenvalue weighted by molar-refractivity contribution is 6.30. The van der Waals surface area contributed by atoms with Crippen molar-refractivity contribution in [3.05, 3.63) is 40.0 Å². The summed E-state index contributed by atoms with van der Waals surface area (Å²) >= 11 is 5.70. The van der Waals surface area contributed by atoms with E-state index in [0.29, 0.717) is 5.02 Å². The summed E-state index contributed by atoms with van der Waals surface area (Å²) in [7, 11) is 0. The Morgan fingerprint density at radius 3 is 3.18 bits per heavy atom. The van der Waals surface area contributed by atoms with E-state index < -0.39 is 0 Å². The molecule has 1 N–H and O–H groups in total. The molecule has 0 saturated carbocycles. The number of pyridine rings is 1. The molecule has 0 amide bonds. The second-order valence-electron chi connectivity index (χ2n) is 2.23.